The van der Waals surface area contributed by atoms with E-state index in [9.17, 15) is 13.2 Å². The molecule has 0 heterocycles. The van der Waals surface area contributed by atoms with Crippen LogP contribution >= 0.6 is 0 Å². The Morgan fingerprint density at radius 2 is 2.05 bits per heavy atom. The summed E-state index contributed by atoms with van der Waals surface area (Å²) in [7, 11) is -3.43. The number of unbranched alkanes of at least 4 members (excludes halogenated alkanes) is 1. The van der Waals surface area contributed by atoms with Gasteiger partial charge in [0.15, 0.2) is 0 Å². The number of aldehydes is 1. The van der Waals surface area contributed by atoms with E-state index in [0.717, 1.165) is 6.42 Å². The van der Waals surface area contributed by atoms with Crippen molar-refractivity contribution in [2.24, 2.45) is 0 Å². The smallest absolute Gasteiger partial charge is 0.232 e. The zero-order chi connectivity index (χ0) is 15.2. The van der Waals surface area contributed by atoms with Gasteiger partial charge in [0.25, 0.3) is 0 Å². The molecule has 5 nitrogen and oxygen atoms in total. The quantitative estimate of drug-likeness (QED) is 0.749. The summed E-state index contributed by atoms with van der Waals surface area (Å²) in [5.74, 6) is 0.473. The number of carbonyl (C=O) groups is 1. The van der Waals surface area contributed by atoms with Crippen LogP contribution in [0.15, 0.2) is 18.2 Å². The summed E-state index contributed by atoms with van der Waals surface area (Å²) >= 11 is 0. The highest BCUT2D eigenvalue weighted by Crippen LogP contribution is 2.27. The van der Waals surface area contributed by atoms with Gasteiger partial charge in [-0.05, 0) is 38.5 Å². The van der Waals surface area contributed by atoms with E-state index in [-0.39, 0.29) is 11.9 Å². The van der Waals surface area contributed by atoms with Gasteiger partial charge in [0.2, 0.25) is 10.0 Å². The molecular formula is C14H21NO4S. The average molecular weight is 299 g/mol. The lowest BCUT2D eigenvalue weighted by molar-refractivity contribution is 0.112. The van der Waals surface area contributed by atoms with Gasteiger partial charge in [-0.2, -0.15) is 0 Å². The van der Waals surface area contributed by atoms with E-state index < -0.39 is 10.0 Å². The Bertz CT molecular complexity index is 552. The van der Waals surface area contributed by atoms with Crippen LogP contribution in [-0.4, -0.2) is 26.6 Å². The van der Waals surface area contributed by atoms with E-state index >= 15 is 0 Å². The summed E-state index contributed by atoms with van der Waals surface area (Å²) in [6, 6.07) is 4.67. The largest absolute Gasteiger partial charge is 0.489 e. The van der Waals surface area contributed by atoms with Crippen molar-refractivity contribution < 1.29 is 17.9 Å². The number of anilines is 1. The molecule has 0 spiro atoms. The standard InChI is InChI=1S/C14H21NO4S/c1-4-5-8-20(17,18)15-13-9-12(10-16)6-7-14(13)19-11(2)3/h6-7,9-11,15H,4-5,8H2,1-3H3. The maximum absolute atomic E-state index is 11.9. The zero-order valence-electron chi connectivity index (χ0n) is 12.0. The normalized spacial score (nSPS) is 11.4. The topological polar surface area (TPSA) is 72.5 Å². The van der Waals surface area contributed by atoms with E-state index in [4.69, 9.17) is 4.74 Å². The summed E-state index contributed by atoms with van der Waals surface area (Å²) in [6.07, 6.45) is 1.97. The van der Waals surface area contributed by atoms with Gasteiger partial charge in [-0.15, -0.1) is 0 Å². The summed E-state index contributed by atoms with van der Waals surface area (Å²) < 4.78 is 31.9. The fourth-order valence-corrected chi connectivity index (χ4v) is 2.88. The molecule has 0 atom stereocenters. The van der Waals surface area contributed by atoms with Gasteiger partial charge in [-0.25, -0.2) is 8.42 Å². The maximum atomic E-state index is 11.9. The first-order chi connectivity index (χ1) is 9.38. The first kappa shape index (κ1) is 16.5. The number of sulfonamides is 1. The molecule has 1 rings (SSSR count). The molecule has 0 aliphatic carbocycles. The Balaban J connectivity index is 3.03. The van der Waals surface area contributed by atoms with E-state index in [1.165, 1.54) is 6.07 Å². The monoisotopic (exact) mass is 299 g/mol. The summed E-state index contributed by atoms with van der Waals surface area (Å²) in [6.45, 7) is 5.63. The summed E-state index contributed by atoms with van der Waals surface area (Å²) in [5.41, 5.74) is 0.703. The van der Waals surface area contributed by atoms with Crippen molar-refractivity contribution in [3.8, 4) is 5.75 Å². The molecule has 0 unspecified atom stereocenters. The predicted octanol–water partition coefficient (Wildman–Crippen LogP) is 2.83. The molecule has 1 N–H and O–H groups in total. The van der Waals surface area contributed by atoms with Crippen LogP contribution < -0.4 is 9.46 Å². The third-order valence-corrected chi connectivity index (χ3v) is 3.89. The van der Waals surface area contributed by atoms with E-state index in [0.29, 0.717) is 29.7 Å². The van der Waals surface area contributed by atoms with Crippen LogP contribution in [-0.2, 0) is 10.0 Å². The molecule has 1 aromatic rings. The van der Waals surface area contributed by atoms with E-state index in [1.54, 1.807) is 12.1 Å². The van der Waals surface area contributed by atoms with Gasteiger partial charge in [-0.3, -0.25) is 9.52 Å². The van der Waals surface area contributed by atoms with Crippen LogP contribution in [0.4, 0.5) is 5.69 Å². The lowest BCUT2D eigenvalue weighted by Crippen LogP contribution is -2.18. The Labute approximate surface area is 120 Å². The van der Waals surface area contributed by atoms with E-state index in [2.05, 4.69) is 4.72 Å². The Morgan fingerprint density at radius 3 is 2.60 bits per heavy atom. The molecule has 0 aliphatic heterocycles. The molecule has 0 aromatic heterocycles. The molecule has 0 fully saturated rings. The lowest BCUT2D eigenvalue weighted by atomic mass is 10.2. The van der Waals surface area contributed by atoms with Crippen LogP contribution in [0.2, 0.25) is 0 Å². The highest BCUT2D eigenvalue weighted by Gasteiger charge is 2.14. The van der Waals surface area contributed by atoms with E-state index in [1.807, 2.05) is 20.8 Å². The number of nitrogens with one attached hydrogen (secondary N) is 1. The third kappa shape index (κ3) is 5.21. The van der Waals surface area contributed by atoms with Crippen molar-refractivity contribution in [1.82, 2.24) is 0 Å². The average Bonchev–Trinajstić information content (AvgIpc) is 2.37. The van der Waals surface area contributed by atoms with Crippen molar-refractivity contribution in [1.29, 1.82) is 0 Å². The second-order valence-corrected chi connectivity index (χ2v) is 6.66. The lowest BCUT2D eigenvalue weighted by Gasteiger charge is -2.16. The minimum atomic E-state index is -3.43. The van der Waals surface area contributed by atoms with Gasteiger partial charge in [0.05, 0.1) is 17.5 Å². The van der Waals surface area contributed by atoms with Crippen molar-refractivity contribution >= 4 is 22.0 Å². The maximum Gasteiger partial charge on any atom is 0.232 e. The minimum absolute atomic E-state index is 0.0515. The van der Waals surface area contributed by atoms with Gasteiger partial charge in [0.1, 0.15) is 12.0 Å². The third-order valence-electron chi connectivity index (χ3n) is 2.53. The Hall–Kier alpha value is -1.56. The molecule has 112 valence electrons. The first-order valence-electron chi connectivity index (χ1n) is 6.64. The van der Waals surface area contributed by atoms with Gasteiger partial charge in [-0.1, -0.05) is 13.3 Å². The second-order valence-electron chi connectivity index (χ2n) is 4.81. The van der Waals surface area contributed by atoms with Gasteiger partial charge < -0.3 is 4.74 Å². The molecule has 6 heteroatoms. The van der Waals surface area contributed by atoms with Crippen molar-refractivity contribution in [3.05, 3.63) is 23.8 Å². The molecule has 0 radical (unpaired) electrons. The summed E-state index contributed by atoms with van der Waals surface area (Å²) in [4.78, 5) is 10.8. The van der Waals surface area contributed by atoms with Crippen LogP contribution in [0.5, 0.6) is 5.75 Å². The highest BCUT2D eigenvalue weighted by molar-refractivity contribution is 7.92. The SMILES string of the molecule is CCCCS(=O)(=O)Nc1cc(C=O)ccc1OC(C)C. The molecular weight excluding hydrogens is 278 g/mol. The summed E-state index contributed by atoms with van der Waals surface area (Å²) in [5, 5.41) is 0. The number of hydrogen-bond acceptors (Lipinski definition) is 4. The molecule has 0 aliphatic rings. The number of rotatable bonds is 8. The number of ether oxygens (including phenoxy) is 1. The second kappa shape index (κ2) is 7.28. The first-order valence-corrected chi connectivity index (χ1v) is 8.29. The number of benzene rings is 1. The van der Waals surface area contributed by atoms with Crippen LogP contribution in [0.25, 0.3) is 0 Å². The molecule has 0 bridgehead atoms. The minimum Gasteiger partial charge on any atom is -0.489 e. The fraction of sp³-hybridized carbons (Fsp3) is 0.500. The molecule has 0 amide bonds. The van der Waals surface area contributed by atoms with Crippen molar-refractivity contribution in [2.45, 2.75) is 39.7 Å². The van der Waals surface area contributed by atoms with Crippen molar-refractivity contribution in [2.75, 3.05) is 10.5 Å². The van der Waals surface area contributed by atoms with Crippen LogP contribution in [0, 0.1) is 0 Å². The highest BCUT2D eigenvalue weighted by atomic mass is 32.2. The number of hydrogen-bond donors (Lipinski definition) is 1. The van der Waals surface area contributed by atoms with Crippen LogP contribution in [0.3, 0.4) is 0 Å². The Kier molecular flexibility index (Phi) is 6.01. The molecule has 1 aromatic carbocycles. The van der Waals surface area contributed by atoms with Crippen LogP contribution in [0.1, 0.15) is 44.0 Å². The molecule has 20 heavy (non-hydrogen) atoms. The molecule has 0 saturated carbocycles. The zero-order valence-corrected chi connectivity index (χ0v) is 12.9. The fourth-order valence-electron chi connectivity index (χ4n) is 1.61. The van der Waals surface area contributed by atoms with Gasteiger partial charge >= 0.3 is 0 Å². The van der Waals surface area contributed by atoms with Gasteiger partial charge in [0, 0.05) is 5.56 Å². The number of carbonyl (C=O) groups excluding carboxylic acids is 1. The predicted molar refractivity (Wildman–Crippen MR) is 79.9 cm³/mol. The van der Waals surface area contributed by atoms with Crippen molar-refractivity contribution in [3.63, 3.8) is 0 Å². The Morgan fingerprint density at radius 1 is 1.35 bits per heavy atom. The molecule has 0 saturated heterocycles.